The van der Waals surface area contributed by atoms with E-state index in [1.165, 1.54) is 141 Å². The molecule has 0 aromatic rings. The van der Waals surface area contributed by atoms with Gasteiger partial charge in [0.05, 0.1) is 0 Å². The van der Waals surface area contributed by atoms with E-state index in [0.717, 1.165) is 57.8 Å². The minimum Gasteiger partial charge on any atom is -0.462 e. The Morgan fingerprint density at radius 2 is 0.607 bits per heavy atom. The molecule has 0 spiro atoms. The fraction of sp³-hybridized carbons (Fsp3) is 0.764. The number of unbranched alkanes of at least 4 members (excludes halogenated alkanes) is 25. The molecule has 6 nitrogen and oxygen atoms in total. The lowest BCUT2D eigenvalue weighted by molar-refractivity contribution is -0.167. The van der Waals surface area contributed by atoms with Gasteiger partial charge in [-0.15, -0.1) is 0 Å². The van der Waals surface area contributed by atoms with Crippen LogP contribution in [0.25, 0.3) is 0 Å². The van der Waals surface area contributed by atoms with Gasteiger partial charge in [0.1, 0.15) is 13.2 Å². The average Bonchev–Trinajstić information content (AvgIpc) is 3.26. The topological polar surface area (TPSA) is 78.9 Å². The van der Waals surface area contributed by atoms with Gasteiger partial charge in [0.25, 0.3) is 0 Å². The number of esters is 3. The third-order valence-electron chi connectivity index (χ3n) is 11.0. The van der Waals surface area contributed by atoms with E-state index < -0.39 is 6.10 Å². The molecule has 0 heterocycles. The minimum absolute atomic E-state index is 0.105. The summed E-state index contributed by atoms with van der Waals surface area (Å²) in [6.45, 7) is 6.51. The Bertz CT molecular complexity index is 1120. The van der Waals surface area contributed by atoms with E-state index in [0.29, 0.717) is 25.7 Å². The highest BCUT2D eigenvalue weighted by Crippen LogP contribution is 2.15. The summed E-state index contributed by atoms with van der Waals surface area (Å²) in [5, 5.41) is 0. The van der Waals surface area contributed by atoms with Crippen molar-refractivity contribution in [1.29, 1.82) is 0 Å². The van der Waals surface area contributed by atoms with E-state index in [-0.39, 0.29) is 37.5 Å². The second-order valence-corrected chi connectivity index (χ2v) is 17.1. The van der Waals surface area contributed by atoms with Crippen molar-refractivity contribution in [3.63, 3.8) is 0 Å². The van der Waals surface area contributed by atoms with Crippen LogP contribution in [-0.4, -0.2) is 37.2 Å². The third kappa shape index (κ3) is 48.0. The quantitative estimate of drug-likeness (QED) is 0.0263. The molecule has 0 saturated carbocycles. The molecule has 6 heteroatoms. The molecule has 0 aromatic heterocycles. The van der Waals surface area contributed by atoms with Crippen LogP contribution in [0.15, 0.2) is 60.8 Å². The molecule has 0 rings (SSSR count). The Morgan fingerprint density at radius 1 is 0.328 bits per heavy atom. The molecule has 352 valence electrons. The first-order valence-corrected chi connectivity index (χ1v) is 25.8. The van der Waals surface area contributed by atoms with E-state index in [4.69, 9.17) is 14.2 Å². The number of carbonyl (C=O) groups is 3. The van der Waals surface area contributed by atoms with Crippen molar-refractivity contribution in [3.05, 3.63) is 60.8 Å². The zero-order chi connectivity index (χ0) is 44.4. The lowest BCUT2D eigenvalue weighted by atomic mass is 10.0. The lowest BCUT2D eigenvalue weighted by Gasteiger charge is -2.18. The summed E-state index contributed by atoms with van der Waals surface area (Å²) >= 11 is 0. The van der Waals surface area contributed by atoms with Crippen LogP contribution in [0.1, 0.15) is 252 Å². The number of hydrogen-bond donors (Lipinski definition) is 0. The summed E-state index contributed by atoms with van der Waals surface area (Å²) in [6, 6.07) is 0. The van der Waals surface area contributed by atoms with Gasteiger partial charge in [-0.2, -0.15) is 0 Å². The van der Waals surface area contributed by atoms with Crippen molar-refractivity contribution < 1.29 is 28.6 Å². The van der Waals surface area contributed by atoms with E-state index in [2.05, 4.69) is 81.5 Å². The molecule has 0 aliphatic carbocycles. The maximum atomic E-state index is 12.8. The second kappa shape index (κ2) is 49.8. The average molecular weight is 853 g/mol. The standard InChI is InChI=1S/C55H96O6/c1-4-7-10-13-16-19-21-23-25-27-29-31-33-36-39-42-45-48-54(57)60-51-52(50-59-53(56)47-44-41-38-35-18-15-12-9-6-3)61-55(58)49-46-43-40-37-34-32-30-28-26-24-22-20-17-14-11-8-5-2/h16,19,23,25,29,31,35-36,38-39,52H,4-15,17-18,20-22,24,26-28,30,32-34,37,40-51H2,1-3H3/b19-16-,25-23-,31-29-,38-35-,39-36-. The smallest absolute Gasteiger partial charge is 0.306 e. The molecule has 0 N–H and O–H groups in total. The zero-order valence-corrected chi connectivity index (χ0v) is 40.2. The van der Waals surface area contributed by atoms with Crippen molar-refractivity contribution in [3.8, 4) is 0 Å². The molecule has 1 atom stereocenters. The van der Waals surface area contributed by atoms with Crippen LogP contribution in [0.2, 0.25) is 0 Å². The van der Waals surface area contributed by atoms with Gasteiger partial charge >= 0.3 is 17.9 Å². The molecule has 0 radical (unpaired) electrons. The predicted molar refractivity (Wildman–Crippen MR) is 261 cm³/mol. The largest absolute Gasteiger partial charge is 0.462 e. The molecule has 0 aliphatic heterocycles. The molecule has 0 aromatic carbocycles. The van der Waals surface area contributed by atoms with Gasteiger partial charge in [0, 0.05) is 19.3 Å². The maximum Gasteiger partial charge on any atom is 0.306 e. The fourth-order valence-electron chi connectivity index (χ4n) is 7.09. The molecule has 0 bridgehead atoms. The van der Waals surface area contributed by atoms with Gasteiger partial charge in [-0.05, 0) is 77.0 Å². The summed E-state index contributed by atoms with van der Waals surface area (Å²) in [6.07, 6.45) is 60.8. The van der Waals surface area contributed by atoms with Gasteiger partial charge in [0.15, 0.2) is 6.10 Å². The Hall–Kier alpha value is -2.89. The zero-order valence-electron chi connectivity index (χ0n) is 40.2. The van der Waals surface area contributed by atoms with Crippen molar-refractivity contribution in [2.24, 2.45) is 0 Å². The number of carbonyl (C=O) groups excluding carboxylic acids is 3. The van der Waals surface area contributed by atoms with Crippen molar-refractivity contribution >= 4 is 17.9 Å². The van der Waals surface area contributed by atoms with Gasteiger partial charge in [-0.3, -0.25) is 14.4 Å². The van der Waals surface area contributed by atoms with Crippen LogP contribution in [0.5, 0.6) is 0 Å². The van der Waals surface area contributed by atoms with Crippen molar-refractivity contribution in [2.45, 2.75) is 258 Å². The Labute approximate surface area is 377 Å². The number of hydrogen-bond acceptors (Lipinski definition) is 6. The van der Waals surface area contributed by atoms with Crippen LogP contribution in [0.4, 0.5) is 0 Å². The highest BCUT2D eigenvalue weighted by atomic mass is 16.6. The summed E-state index contributed by atoms with van der Waals surface area (Å²) < 4.78 is 16.7. The molecular formula is C55H96O6. The molecule has 0 fully saturated rings. The summed E-state index contributed by atoms with van der Waals surface area (Å²) in [5.74, 6) is -0.989. The van der Waals surface area contributed by atoms with Crippen molar-refractivity contribution in [2.75, 3.05) is 13.2 Å². The van der Waals surface area contributed by atoms with E-state index in [1.807, 2.05) is 0 Å². The molecule has 0 amide bonds. The summed E-state index contributed by atoms with van der Waals surface area (Å²) in [7, 11) is 0. The minimum atomic E-state index is -0.803. The van der Waals surface area contributed by atoms with Crippen LogP contribution >= 0.6 is 0 Å². The molecular weight excluding hydrogens is 757 g/mol. The van der Waals surface area contributed by atoms with Crippen LogP contribution in [-0.2, 0) is 28.6 Å². The second-order valence-electron chi connectivity index (χ2n) is 17.1. The number of allylic oxidation sites excluding steroid dienone is 10. The summed E-state index contributed by atoms with van der Waals surface area (Å²) in [5.41, 5.74) is 0. The van der Waals surface area contributed by atoms with Gasteiger partial charge in [-0.25, -0.2) is 0 Å². The SMILES string of the molecule is CCCCC/C=C\C/C=C\C/C=C\C/C=C\CCCC(=O)OCC(COC(=O)CCC/C=C\CCCCCC)OC(=O)CCCCCCCCCCCCCCCCCCC. The van der Waals surface area contributed by atoms with Gasteiger partial charge in [-0.1, -0.05) is 216 Å². The monoisotopic (exact) mass is 853 g/mol. The Morgan fingerprint density at radius 3 is 1.02 bits per heavy atom. The predicted octanol–water partition coefficient (Wildman–Crippen LogP) is 16.9. The molecule has 61 heavy (non-hydrogen) atoms. The van der Waals surface area contributed by atoms with E-state index in [1.54, 1.807) is 0 Å². The van der Waals surface area contributed by atoms with E-state index in [9.17, 15) is 14.4 Å². The normalized spacial score (nSPS) is 12.5. The van der Waals surface area contributed by atoms with Crippen molar-refractivity contribution in [1.82, 2.24) is 0 Å². The van der Waals surface area contributed by atoms with Crippen LogP contribution in [0.3, 0.4) is 0 Å². The first-order chi connectivity index (χ1) is 30.0. The first kappa shape index (κ1) is 58.1. The Kier molecular flexibility index (Phi) is 47.4. The van der Waals surface area contributed by atoms with Gasteiger partial charge < -0.3 is 14.2 Å². The van der Waals surface area contributed by atoms with Crippen LogP contribution < -0.4 is 0 Å². The number of rotatable bonds is 46. The first-order valence-electron chi connectivity index (χ1n) is 25.8. The van der Waals surface area contributed by atoms with E-state index >= 15 is 0 Å². The Balaban J connectivity index is 4.41. The fourth-order valence-corrected chi connectivity index (χ4v) is 7.09. The molecule has 0 saturated heterocycles. The maximum absolute atomic E-state index is 12.8. The molecule has 1 unspecified atom stereocenters. The third-order valence-corrected chi connectivity index (χ3v) is 11.0. The molecule has 0 aliphatic rings. The highest BCUT2D eigenvalue weighted by molar-refractivity contribution is 5.71. The summed E-state index contributed by atoms with van der Waals surface area (Å²) in [4.78, 5) is 37.8. The highest BCUT2D eigenvalue weighted by Gasteiger charge is 2.19. The van der Waals surface area contributed by atoms with Gasteiger partial charge in [0.2, 0.25) is 0 Å². The number of ether oxygens (including phenoxy) is 3. The lowest BCUT2D eigenvalue weighted by Crippen LogP contribution is -2.30. The van der Waals surface area contributed by atoms with Crippen LogP contribution in [0, 0.1) is 0 Å².